The predicted octanol–water partition coefficient (Wildman–Crippen LogP) is 3.58. The molecule has 3 rings (SSSR count). The van der Waals surface area contributed by atoms with Gasteiger partial charge in [-0.2, -0.15) is 0 Å². The number of benzene rings is 1. The van der Waals surface area contributed by atoms with Gasteiger partial charge >= 0.3 is 0 Å². The summed E-state index contributed by atoms with van der Waals surface area (Å²) in [4.78, 5) is 18.2. The number of amides is 1. The fourth-order valence-corrected chi connectivity index (χ4v) is 3.42. The number of piperidine rings is 1. The van der Waals surface area contributed by atoms with Gasteiger partial charge in [-0.15, -0.1) is 0 Å². The number of pyridine rings is 1. The van der Waals surface area contributed by atoms with Gasteiger partial charge in [0.2, 0.25) is 5.88 Å². The van der Waals surface area contributed by atoms with Crippen molar-refractivity contribution < 1.29 is 9.53 Å². The molecule has 2 heterocycles. The molecule has 2 aromatic rings. The van der Waals surface area contributed by atoms with Gasteiger partial charge in [-0.3, -0.25) is 9.69 Å². The van der Waals surface area contributed by atoms with Crippen molar-refractivity contribution in [2.24, 2.45) is 5.73 Å². The highest BCUT2D eigenvalue weighted by Crippen LogP contribution is 2.31. The number of ether oxygens (including phenoxy) is 1. The summed E-state index contributed by atoms with van der Waals surface area (Å²) >= 11 is 0. The number of rotatable bonds is 5. The minimum atomic E-state index is -0.542. The molecule has 25 heavy (non-hydrogen) atoms. The van der Waals surface area contributed by atoms with Crippen molar-refractivity contribution in [2.45, 2.75) is 39.7 Å². The summed E-state index contributed by atoms with van der Waals surface area (Å²) in [6.45, 7) is 7.36. The van der Waals surface area contributed by atoms with Crippen LogP contribution in [0.3, 0.4) is 0 Å². The third-order valence-electron chi connectivity index (χ3n) is 4.61. The monoisotopic (exact) mass is 339 g/mol. The Morgan fingerprint density at radius 1 is 1.20 bits per heavy atom. The van der Waals surface area contributed by atoms with E-state index in [0.29, 0.717) is 5.56 Å². The first-order chi connectivity index (χ1) is 12.0. The number of likely N-dealkylation sites (tertiary alicyclic amines) is 1. The van der Waals surface area contributed by atoms with Crippen LogP contribution < -0.4 is 10.5 Å². The molecule has 1 aliphatic rings. The Kier molecular flexibility index (Phi) is 5.34. The van der Waals surface area contributed by atoms with Crippen LogP contribution in [0.25, 0.3) is 0 Å². The average molecular weight is 339 g/mol. The Morgan fingerprint density at radius 3 is 2.52 bits per heavy atom. The summed E-state index contributed by atoms with van der Waals surface area (Å²) in [6, 6.07) is 7.61. The molecule has 0 saturated carbocycles. The standard InChI is InChI=1S/C20H25N3O2/c1-14-11-16(13-23-9-4-3-5-10-23)12-15(2)18(14)25-20-17(19(21)24)7-6-8-22-20/h6-8,11-12H,3-5,9-10,13H2,1-2H3,(H2,21,24). The quantitative estimate of drug-likeness (QED) is 0.904. The van der Waals surface area contributed by atoms with E-state index in [-0.39, 0.29) is 5.88 Å². The SMILES string of the molecule is Cc1cc(CN2CCCCC2)cc(C)c1Oc1ncccc1C(N)=O. The van der Waals surface area contributed by atoms with Crippen LogP contribution in [0.4, 0.5) is 0 Å². The number of nitrogens with two attached hydrogens (primary N) is 1. The van der Waals surface area contributed by atoms with Crippen molar-refractivity contribution >= 4 is 5.91 Å². The molecule has 1 aliphatic heterocycles. The first-order valence-corrected chi connectivity index (χ1v) is 8.80. The first kappa shape index (κ1) is 17.4. The lowest BCUT2D eigenvalue weighted by Crippen LogP contribution is -2.29. The Balaban J connectivity index is 1.82. The molecule has 0 unspecified atom stereocenters. The van der Waals surface area contributed by atoms with Crippen molar-refractivity contribution in [3.8, 4) is 11.6 Å². The molecular weight excluding hydrogens is 314 g/mol. The van der Waals surface area contributed by atoms with Gasteiger partial charge in [0.1, 0.15) is 11.3 Å². The van der Waals surface area contributed by atoms with Crippen molar-refractivity contribution in [3.63, 3.8) is 0 Å². The fourth-order valence-electron chi connectivity index (χ4n) is 3.42. The topological polar surface area (TPSA) is 68.4 Å². The maximum atomic E-state index is 11.6. The summed E-state index contributed by atoms with van der Waals surface area (Å²) in [5.74, 6) is 0.452. The van der Waals surface area contributed by atoms with Gasteiger partial charge in [0.15, 0.2) is 0 Å². The van der Waals surface area contributed by atoms with Crippen LogP contribution in [0.15, 0.2) is 30.5 Å². The van der Waals surface area contributed by atoms with E-state index >= 15 is 0 Å². The summed E-state index contributed by atoms with van der Waals surface area (Å²) in [5, 5.41) is 0. The molecule has 0 radical (unpaired) electrons. The molecule has 5 nitrogen and oxygen atoms in total. The molecule has 1 amide bonds. The van der Waals surface area contributed by atoms with Crippen molar-refractivity contribution in [1.82, 2.24) is 9.88 Å². The summed E-state index contributed by atoms with van der Waals surface area (Å²) in [7, 11) is 0. The van der Waals surface area contributed by atoms with E-state index in [1.807, 2.05) is 13.8 Å². The van der Waals surface area contributed by atoms with Crippen LogP contribution in [0, 0.1) is 13.8 Å². The molecule has 0 bridgehead atoms. The van der Waals surface area contributed by atoms with Crippen LogP contribution in [-0.4, -0.2) is 28.9 Å². The van der Waals surface area contributed by atoms with Gasteiger partial charge in [-0.25, -0.2) is 4.98 Å². The largest absolute Gasteiger partial charge is 0.438 e. The Labute approximate surface area is 148 Å². The van der Waals surface area contributed by atoms with Gasteiger partial charge in [-0.1, -0.05) is 18.6 Å². The number of aryl methyl sites for hydroxylation is 2. The van der Waals surface area contributed by atoms with E-state index in [1.54, 1.807) is 18.3 Å². The minimum absolute atomic E-state index is 0.255. The lowest BCUT2D eigenvalue weighted by molar-refractivity contribution is 0.0997. The summed E-state index contributed by atoms with van der Waals surface area (Å²) in [5.41, 5.74) is 9.06. The van der Waals surface area contributed by atoms with Gasteiger partial charge in [0.05, 0.1) is 0 Å². The number of hydrogen-bond acceptors (Lipinski definition) is 4. The maximum Gasteiger partial charge on any atom is 0.254 e. The van der Waals surface area contributed by atoms with Crippen LogP contribution in [0.2, 0.25) is 0 Å². The highest BCUT2D eigenvalue weighted by Gasteiger charge is 2.16. The lowest BCUT2D eigenvalue weighted by atomic mass is 10.0. The smallest absolute Gasteiger partial charge is 0.254 e. The zero-order chi connectivity index (χ0) is 17.8. The van der Waals surface area contributed by atoms with Crippen molar-refractivity contribution in [1.29, 1.82) is 0 Å². The molecule has 0 spiro atoms. The molecule has 5 heteroatoms. The van der Waals surface area contributed by atoms with E-state index < -0.39 is 5.91 Å². The number of hydrogen-bond donors (Lipinski definition) is 1. The van der Waals surface area contributed by atoms with Gasteiger partial charge < -0.3 is 10.5 Å². The number of primary amides is 1. The number of aromatic nitrogens is 1. The zero-order valence-corrected chi connectivity index (χ0v) is 14.9. The zero-order valence-electron chi connectivity index (χ0n) is 14.9. The van der Waals surface area contributed by atoms with Crippen LogP contribution in [0.5, 0.6) is 11.6 Å². The molecule has 132 valence electrons. The molecule has 1 saturated heterocycles. The number of carbonyl (C=O) groups is 1. The minimum Gasteiger partial charge on any atom is -0.438 e. The summed E-state index contributed by atoms with van der Waals surface area (Å²) < 4.78 is 5.95. The third kappa shape index (κ3) is 4.17. The second kappa shape index (κ2) is 7.66. The molecule has 0 atom stereocenters. The second-order valence-corrected chi connectivity index (χ2v) is 6.72. The molecule has 0 aliphatic carbocycles. The number of carbonyl (C=O) groups excluding carboxylic acids is 1. The van der Waals surface area contributed by atoms with E-state index in [4.69, 9.17) is 10.5 Å². The van der Waals surface area contributed by atoms with Crippen molar-refractivity contribution in [3.05, 3.63) is 52.7 Å². The molecule has 1 fully saturated rings. The van der Waals surface area contributed by atoms with Crippen LogP contribution in [-0.2, 0) is 6.54 Å². The normalized spacial score (nSPS) is 15.1. The molecule has 1 aromatic heterocycles. The number of nitrogens with zero attached hydrogens (tertiary/aromatic N) is 2. The van der Waals surface area contributed by atoms with Crippen molar-refractivity contribution in [2.75, 3.05) is 13.1 Å². The third-order valence-corrected chi connectivity index (χ3v) is 4.61. The molecule has 2 N–H and O–H groups in total. The fraction of sp³-hybridized carbons (Fsp3) is 0.400. The Bertz CT molecular complexity index is 744. The van der Waals surface area contributed by atoms with E-state index in [0.717, 1.165) is 23.4 Å². The van der Waals surface area contributed by atoms with E-state index in [1.165, 1.54) is 37.9 Å². The Morgan fingerprint density at radius 2 is 1.88 bits per heavy atom. The van der Waals surface area contributed by atoms with E-state index in [9.17, 15) is 4.79 Å². The second-order valence-electron chi connectivity index (χ2n) is 6.72. The molecule has 1 aromatic carbocycles. The first-order valence-electron chi connectivity index (χ1n) is 8.80. The van der Waals surface area contributed by atoms with Gasteiger partial charge in [0.25, 0.3) is 5.91 Å². The van der Waals surface area contributed by atoms with Crippen LogP contribution >= 0.6 is 0 Å². The highest BCUT2D eigenvalue weighted by atomic mass is 16.5. The van der Waals surface area contributed by atoms with Crippen LogP contribution in [0.1, 0.15) is 46.3 Å². The predicted molar refractivity (Wildman–Crippen MR) is 97.9 cm³/mol. The Hall–Kier alpha value is -2.40. The maximum absolute atomic E-state index is 11.6. The van der Waals surface area contributed by atoms with Gasteiger partial charge in [0, 0.05) is 12.7 Å². The summed E-state index contributed by atoms with van der Waals surface area (Å²) in [6.07, 6.45) is 5.51. The average Bonchev–Trinajstić information content (AvgIpc) is 2.59. The van der Waals surface area contributed by atoms with Gasteiger partial charge in [-0.05, 0) is 68.6 Å². The molecular formula is C20H25N3O2. The van der Waals surface area contributed by atoms with E-state index in [2.05, 4.69) is 22.0 Å². The highest BCUT2D eigenvalue weighted by molar-refractivity contribution is 5.95. The lowest BCUT2D eigenvalue weighted by Gasteiger charge is -2.27.